The number of aryl methyl sites for hydroxylation is 1. The molecule has 4 N–H and O–H groups in total. The highest BCUT2D eigenvalue weighted by Crippen LogP contribution is 2.32. The van der Waals surface area contributed by atoms with Gasteiger partial charge in [0.15, 0.2) is 0 Å². The third kappa shape index (κ3) is 4.41. The van der Waals surface area contributed by atoms with Gasteiger partial charge in [-0.1, -0.05) is 24.3 Å². The van der Waals surface area contributed by atoms with E-state index in [1.54, 1.807) is 17.0 Å². The largest absolute Gasteiger partial charge is 0.352 e. The number of primary amides is 1. The van der Waals surface area contributed by atoms with Crippen molar-refractivity contribution >= 4 is 27.6 Å². The van der Waals surface area contributed by atoms with E-state index in [2.05, 4.69) is 10.0 Å². The fraction of sp³-hybridized carbons (Fsp3) is 0.300. The first-order valence-corrected chi connectivity index (χ1v) is 10.7. The molecule has 0 saturated heterocycles. The summed E-state index contributed by atoms with van der Waals surface area (Å²) in [6.45, 7) is 2.36. The Kier molecular flexibility index (Phi) is 5.90. The van der Waals surface area contributed by atoms with E-state index in [0.717, 1.165) is 16.7 Å². The normalized spacial score (nSPS) is 14.3. The molecule has 8 nitrogen and oxygen atoms in total. The average molecular weight is 417 g/mol. The van der Waals surface area contributed by atoms with E-state index in [1.165, 1.54) is 13.1 Å². The van der Waals surface area contributed by atoms with Crippen molar-refractivity contribution in [2.45, 2.75) is 30.7 Å². The Balaban J connectivity index is 1.84. The minimum absolute atomic E-state index is 0.0454. The Labute approximate surface area is 170 Å². The molecular weight excluding hydrogens is 392 g/mol. The number of rotatable bonds is 6. The second-order valence-electron chi connectivity index (χ2n) is 6.92. The lowest BCUT2D eigenvalue weighted by atomic mass is 9.98. The van der Waals surface area contributed by atoms with Gasteiger partial charge in [0.25, 0.3) is 0 Å². The van der Waals surface area contributed by atoms with Crippen LogP contribution in [0.2, 0.25) is 0 Å². The standard InChI is InChI=1S/C20H24N4O4S/c1-13-5-3-4-6-16(13)17(23-20(21)26)12-19(25)24-10-9-14-11-15(7-8-18(14)24)29(27,28)22-2/h3-8,11,17,22H,9-10,12H2,1-2H3,(H3,21,23,26). The van der Waals surface area contributed by atoms with Gasteiger partial charge in [-0.15, -0.1) is 0 Å². The number of benzene rings is 2. The topological polar surface area (TPSA) is 122 Å². The number of carbonyl (C=O) groups excluding carboxylic acids is 2. The molecular formula is C20H24N4O4S. The lowest BCUT2D eigenvalue weighted by Crippen LogP contribution is -2.38. The predicted molar refractivity (Wildman–Crippen MR) is 110 cm³/mol. The summed E-state index contributed by atoms with van der Waals surface area (Å²) in [7, 11) is -2.19. The maximum atomic E-state index is 13.0. The van der Waals surface area contributed by atoms with Gasteiger partial charge in [-0.05, 0) is 55.3 Å². The quantitative estimate of drug-likeness (QED) is 0.662. The fourth-order valence-electron chi connectivity index (χ4n) is 3.60. The van der Waals surface area contributed by atoms with Gasteiger partial charge in [-0.3, -0.25) is 4.79 Å². The number of sulfonamides is 1. The number of amides is 3. The van der Waals surface area contributed by atoms with E-state index >= 15 is 0 Å². The SMILES string of the molecule is CNS(=O)(=O)c1ccc2c(c1)CCN2C(=O)CC(NC(N)=O)c1ccccc1C. The first-order valence-electron chi connectivity index (χ1n) is 9.21. The number of carbonyl (C=O) groups is 2. The maximum Gasteiger partial charge on any atom is 0.312 e. The number of nitrogens with two attached hydrogens (primary N) is 1. The smallest absolute Gasteiger partial charge is 0.312 e. The Morgan fingerprint density at radius 3 is 2.59 bits per heavy atom. The summed E-state index contributed by atoms with van der Waals surface area (Å²) in [4.78, 5) is 26.3. The highest BCUT2D eigenvalue weighted by atomic mass is 32.2. The van der Waals surface area contributed by atoms with Gasteiger partial charge in [-0.25, -0.2) is 17.9 Å². The number of nitrogens with one attached hydrogen (secondary N) is 2. The van der Waals surface area contributed by atoms with Crippen LogP contribution in [0.1, 0.15) is 29.2 Å². The van der Waals surface area contributed by atoms with Crippen LogP contribution in [-0.2, 0) is 21.2 Å². The Morgan fingerprint density at radius 1 is 1.21 bits per heavy atom. The van der Waals surface area contributed by atoms with Crippen LogP contribution in [-0.4, -0.2) is 33.9 Å². The van der Waals surface area contributed by atoms with Crippen molar-refractivity contribution in [3.63, 3.8) is 0 Å². The number of fused-ring (bicyclic) bond motifs is 1. The molecule has 0 bridgehead atoms. The van der Waals surface area contributed by atoms with Gasteiger partial charge < -0.3 is 16.0 Å². The molecule has 0 fully saturated rings. The monoisotopic (exact) mass is 416 g/mol. The zero-order valence-electron chi connectivity index (χ0n) is 16.3. The molecule has 0 aromatic heterocycles. The zero-order valence-corrected chi connectivity index (χ0v) is 17.1. The second kappa shape index (κ2) is 8.22. The lowest BCUT2D eigenvalue weighted by molar-refractivity contribution is -0.119. The lowest BCUT2D eigenvalue weighted by Gasteiger charge is -2.23. The minimum Gasteiger partial charge on any atom is -0.352 e. The summed E-state index contributed by atoms with van der Waals surface area (Å²) in [5.41, 5.74) is 8.58. The van der Waals surface area contributed by atoms with Crippen LogP contribution >= 0.6 is 0 Å². The van der Waals surface area contributed by atoms with Gasteiger partial charge >= 0.3 is 6.03 Å². The zero-order chi connectivity index (χ0) is 21.2. The third-order valence-corrected chi connectivity index (χ3v) is 6.50. The number of nitrogens with zero attached hydrogens (tertiary/aromatic N) is 1. The summed E-state index contributed by atoms with van der Waals surface area (Å²) in [5, 5.41) is 2.66. The molecule has 1 heterocycles. The van der Waals surface area contributed by atoms with E-state index < -0.39 is 22.1 Å². The average Bonchev–Trinajstić information content (AvgIpc) is 3.11. The van der Waals surface area contributed by atoms with Crippen molar-refractivity contribution in [1.29, 1.82) is 0 Å². The maximum absolute atomic E-state index is 13.0. The number of hydrogen-bond donors (Lipinski definition) is 3. The molecule has 0 radical (unpaired) electrons. The Hall–Kier alpha value is -2.91. The van der Waals surface area contributed by atoms with Gasteiger partial charge in [0.1, 0.15) is 0 Å². The van der Waals surface area contributed by atoms with Crippen molar-refractivity contribution in [3.05, 3.63) is 59.2 Å². The van der Waals surface area contributed by atoms with Gasteiger partial charge in [-0.2, -0.15) is 0 Å². The van der Waals surface area contributed by atoms with E-state index in [1.807, 2.05) is 31.2 Å². The van der Waals surface area contributed by atoms with Crippen LogP contribution in [0.25, 0.3) is 0 Å². The van der Waals surface area contributed by atoms with Crippen LogP contribution in [0.4, 0.5) is 10.5 Å². The highest BCUT2D eigenvalue weighted by molar-refractivity contribution is 7.89. The first-order chi connectivity index (χ1) is 13.7. The molecule has 154 valence electrons. The molecule has 1 aliphatic rings. The van der Waals surface area contributed by atoms with Crippen LogP contribution in [0, 0.1) is 6.92 Å². The number of urea groups is 1. The molecule has 3 amide bonds. The van der Waals surface area contributed by atoms with Crippen LogP contribution in [0.15, 0.2) is 47.4 Å². The minimum atomic E-state index is -3.55. The summed E-state index contributed by atoms with van der Waals surface area (Å²) in [6, 6.07) is 11.0. The van der Waals surface area contributed by atoms with E-state index in [0.29, 0.717) is 18.7 Å². The van der Waals surface area contributed by atoms with Crippen molar-refractivity contribution < 1.29 is 18.0 Å². The fourth-order valence-corrected chi connectivity index (χ4v) is 4.38. The van der Waals surface area contributed by atoms with Crippen LogP contribution in [0.3, 0.4) is 0 Å². The van der Waals surface area contributed by atoms with Gasteiger partial charge in [0.05, 0.1) is 17.4 Å². The molecule has 2 aromatic carbocycles. The molecule has 1 aliphatic heterocycles. The highest BCUT2D eigenvalue weighted by Gasteiger charge is 2.29. The second-order valence-corrected chi connectivity index (χ2v) is 8.80. The first kappa shape index (κ1) is 20.8. The molecule has 0 spiro atoms. The van der Waals surface area contributed by atoms with E-state index in [9.17, 15) is 18.0 Å². The van der Waals surface area contributed by atoms with Crippen molar-refractivity contribution in [3.8, 4) is 0 Å². The molecule has 29 heavy (non-hydrogen) atoms. The number of anilines is 1. The van der Waals surface area contributed by atoms with Gasteiger partial charge in [0, 0.05) is 12.2 Å². The van der Waals surface area contributed by atoms with Crippen LogP contribution in [0.5, 0.6) is 0 Å². The van der Waals surface area contributed by atoms with Crippen molar-refractivity contribution in [2.75, 3.05) is 18.5 Å². The molecule has 2 aromatic rings. The summed E-state index contributed by atoms with van der Waals surface area (Å²) in [6.07, 6.45) is 0.607. The molecule has 9 heteroatoms. The molecule has 3 rings (SSSR count). The van der Waals surface area contributed by atoms with E-state index in [4.69, 9.17) is 5.73 Å². The molecule has 1 unspecified atom stereocenters. The summed E-state index contributed by atoms with van der Waals surface area (Å²) in [5.74, 6) is -0.171. The third-order valence-electron chi connectivity index (χ3n) is 5.09. The van der Waals surface area contributed by atoms with Crippen LogP contribution < -0.4 is 20.7 Å². The number of hydrogen-bond acceptors (Lipinski definition) is 4. The van der Waals surface area contributed by atoms with Gasteiger partial charge in [0.2, 0.25) is 15.9 Å². The summed E-state index contributed by atoms with van der Waals surface area (Å²) < 4.78 is 26.3. The Bertz CT molecular complexity index is 1050. The Morgan fingerprint density at radius 2 is 1.93 bits per heavy atom. The molecule has 1 atom stereocenters. The van der Waals surface area contributed by atoms with Crippen molar-refractivity contribution in [2.24, 2.45) is 5.73 Å². The molecule has 0 saturated carbocycles. The van der Waals surface area contributed by atoms with E-state index in [-0.39, 0.29) is 17.2 Å². The van der Waals surface area contributed by atoms with Crippen molar-refractivity contribution in [1.82, 2.24) is 10.0 Å². The predicted octanol–water partition coefficient (Wildman–Crippen LogP) is 1.59. The molecule has 0 aliphatic carbocycles. The summed E-state index contributed by atoms with van der Waals surface area (Å²) >= 11 is 0.